The second-order valence-electron chi connectivity index (χ2n) is 5.96. The Morgan fingerprint density at radius 2 is 1.79 bits per heavy atom. The lowest BCUT2D eigenvalue weighted by molar-refractivity contribution is 0.0450. The molecular formula is C19H20BrNO6S. The number of carbonyl (C=O) groups is 1. The van der Waals surface area contributed by atoms with Crippen LogP contribution in [0.25, 0.3) is 0 Å². The smallest absolute Gasteiger partial charge is 0.338 e. The van der Waals surface area contributed by atoms with Crippen LogP contribution in [0.3, 0.4) is 0 Å². The summed E-state index contributed by atoms with van der Waals surface area (Å²) in [6, 6.07) is 13.6. The van der Waals surface area contributed by atoms with E-state index in [0.29, 0.717) is 23.4 Å². The van der Waals surface area contributed by atoms with Crippen molar-refractivity contribution in [1.82, 2.24) is 4.31 Å². The summed E-state index contributed by atoms with van der Waals surface area (Å²) < 4.78 is 43.3. The molecule has 0 radical (unpaired) electrons. The summed E-state index contributed by atoms with van der Waals surface area (Å²) in [7, 11) is -3.74. The number of ether oxygens (including phenoxy) is 3. The van der Waals surface area contributed by atoms with Gasteiger partial charge in [-0.2, -0.15) is 4.31 Å². The Morgan fingerprint density at radius 1 is 1.07 bits per heavy atom. The van der Waals surface area contributed by atoms with Gasteiger partial charge in [0.1, 0.15) is 19.0 Å². The number of halogens is 1. The fourth-order valence-corrected chi connectivity index (χ4v) is 5.01. The Morgan fingerprint density at radius 3 is 2.50 bits per heavy atom. The van der Waals surface area contributed by atoms with Gasteiger partial charge in [-0.15, -0.1) is 0 Å². The van der Waals surface area contributed by atoms with Crippen molar-refractivity contribution in [2.45, 2.75) is 4.90 Å². The maximum absolute atomic E-state index is 12.9. The molecule has 0 atom stereocenters. The number of hydrogen-bond acceptors (Lipinski definition) is 6. The first-order valence-corrected chi connectivity index (χ1v) is 10.9. The maximum Gasteiger partial charge on any atom is 0.338 e. The van der Waals surface area contributed by atoms with E-state index in [2.05, 4.69) is 15.9 Å². The third-order valence-electron chi connectivity index (χ3n) is 4.08. The summed E-state index contributed by atoms with van der Waals surface area (Å²) in [6.45, 7) is 1.50. The number of para-hydroxylation sites is 1. The van der Waals surface area contributed by atoms with Crippen LogP contribution in [0.1, 0.15) is 10.4 Å². The first-order valence-electron chi connectivity index (χ1n) is 8.71. The van der Waals surface area contributed by atoms with E-state index in [9.17, 15) is 13.2 Å². The zero-order valence-electron chi connectivity index (χ0n) is 15.0. The number of esters is 1. The SMILES string of the molecule is O=C(OCCOc1ccccc1)c1ccc(Br)c(S(=O)(=O)N2CCOCC2)c1. The Balaban J connectivity index is 1.64. The van der Waals surface area contributed by atoms with Crippen molar-refractivity contribution in [2.24, 2.45) is 0 Å². The van der Waals surface area contributed by atoms with Gasteiger partial charge in [0, 0.05) is 17.6 Å². The van der Waals surface area contributed by atoms with E-state index in [4.69, 9.17) is 14.2 Å². The molecule has 1 heterocycles. The lowest BCUT2D eigenvalue weighted by Gasteiger charge is -2.26. The highest BCUT2D eigenvalue weighted by Gasteiger charge is 2.29. The molecule has 0 unspecified atom stereocenters. The van der Waals surface area contributed by atoms with Gasteiger partial charge in [-0.3, -0.25) is 0 Å². The average Bonchev–Trinajstić information content (AvgIpc) is 2.72. The predicted molar refractivity (Wildman–Crippen MR) is 106 cm³/mol. The van der Waals surface area contributed by atoms with Crippen molar-refractivity contribution in [3.63, 3.8) is 0 Å². The van der Waals surface area contributed by atoms with Crippen LogP contribution in [-0.2, 0) is 19.5 Å². The number of carbonyl (C=O) groups excluding carboxylic acids is 1. The van der Waals surface area contributed by atoms with E-state index >= 15 is 0 Å². The van der Waals surface area contributed by atoms with Crippen molar-refractivity contribution in [3.05, 3.63) is 58.6 Å². The van der Waals surface area contributed by atoms with Gasteiger partial charge < -0.3 is 14.2 Å². The van der Waals surface area contributed by atoms with Crippen LogP contribution in [0, 0.1) is 0 Å². The topological polar surface area (TPSA) is 82.1 Å². The highest BCUT2D eigenvalue weighted by molar-refractivity contribution is 9.10. The van der Waals surface area contributed by atoms with Gasteiger partial charge in [0.05, 0.1) is 23.7 Å². The molecule has 2 aromatic carbocycles. The van der Waals surface area contributed by atoms with Gasteiger partial charge in [-0.1, -0.05) is 18.2 Å². The molecule has 1 aliphatic heterocycles. The summed E-state index contributed by atoms with van der Waals surface area (Å²) in [5.74, 6) is 0.0728. The fraction of sp³-hybridized carbons (Fsp3) is 0.316. The molecule has 0 aromatic heterocycles. The first kappa shape index (κ1) is 20.8. The largest absolute Gasteiger partial charge is 0.490 e. The molecule has 3 rings (SSSR count). The predicted octanol–water partition coefficient (Wildman–Crippen LogP) is 2.71. The zero-order chi connectivity index (χ0) is 20.0. The van der Waals surface area contributed by atoms with E-state index in [-0.39, 0.29) is 36.8 Å². The minimum absolute atomic E-state index is 0.0318. The molecule has 0 amide bonds. The first-order chi connectivity index (χ1) is 13.5. The van der Waals surface area contributed by atoms with Gasteiger partial charge >= 0.3 is 5.97 Å². The molecule has 1 fully saturated rings. The lowest BCUT2D eigenvalue weighted by Crippen LogP contribution is -2.40. The summed E-state index contributed by atoms with van der Waals surface area (Å²) in [6.07, 6.45) is 0. The molecule has 1 aliphatic rings. The molecule has 7 nitrogen and oxygen atoms in total. The average molecular weight is 470 g/mol. The second-order valence-corrected chi connectivity index (χ2v) is 8.72. The molecule has 150 valence electrons. The van der Waals surface area contributed by atoms with E-state index in [1.807, 2.05) is 18.2 Å². The van der Waals surface area contributed by atoms with Crippen molar-refractivity contribution in [1.29, 1.82) is 0 Å². The number of sulfonamides is 1. The number of morpholine rings is 1. The number of hydrogen-bond donors (Lipinski definition) is 0. The molecular weight excluding hydrogens is 450 g/mol. The Hall–Kier alpha value is -1.94. The van der Waals surface area contributed by atoms with E-state index < -0.39 is 16.0 Å². The van der Waals surface area contributed by atoms with Crippen LogP contribution < -0.4 is 4.74 Å². The van der Waals surface area contributed by atoms with Gasteiger partial charge in [0.2, 0.25) is 10.0 Å². The van der Waals surface area contributed by atoms with E-state index in [0.717, 1.165) is 0 Å². The van der Waals surface area contributed by atoms with Crippen molar-refractivity contribution in [3.8, 4) is 5.75 Å². The summed E-state index contributed by atoms with van der Waals surface area (Å²) in [5, 5.41) is 0. The molecule has 0 spiro atoms. The van der Waals surface area contributed by atoms with Crippen LogP contribution in [0.4, 0.5) is 0 Å². The summed E-state index contributed by atoms with van der Waals surface area (Å²) in [5.41, 5.74) is 0.162. The highest BCUT2D eigenvalue weighted by Crippen LogP contribution is 2.27. The Kier molecular flexibility index (Phi) is 7.06. The number of benzene rings is 2. The van der Waals surface area contributed by atoms with E-state index in [1.54, 1.807) is 12.1 Å². The molecule has 1 saturated heterocycles. The van der Waals surface area contributed by atoms with Crippen LogP contribution >= 0.6 is 15.9 Å². The van der Waals surface area contributed by atoms with Crippen LogP contribution in [0.2, 0.25) is 0 Å². The molecule has 2 aromatic rings. The van der Waals surface area contributed by atoms with Crippen LogP contribution in [0.15, 0.2) is 57.9 Å². The normalized spacial score (nSPS) is 15.2. The fourth-order valence-electron chi connectivity index (χ4n) is 2.65. The third-order valence-corrected chi connectivity index (χ3v) is 6.98. The molecule has 0 bridgehead atoms. The van der Waals surface area contributed by atoms with Crippen molar-refractivity contribution < 1.29 is 27.4 Å². The second kappa shape index (κ2) is 9.51. The Labute approximate surface area is 172 Å². The quantitative estimate of drug-likeness (QED) is 0.457. The lowest BCUT2D eigenvalue weighted by atomic mass is 10.2. The van der Waals surface area contributed by atoms with Crippen LogP contribution in [-0.4, -0.2) is 58.2 Å². The number of nitrogens with zero attached hydrogens (tertiary/aromatic N) is 1. The molecule has 9 heteroatoms. The van der Waals surface area contributed by atoms with E-state index in [1.165, 1.54) is 22.5 Å². The van der Waals surface area contributed by atoms with Gasteiger partial charge in [0.25, 0.3) is 0 Å². The highest BCUT2D eigenvalue weighted by atomic mass is 79.9. The summed E-state index contributed by atoms with van der Waals surface area (Å²) >= 11 is 3.26. The zero-order valence-corrected chi connectivity index (χ0v) is 17.4. The van der Waals surface area contributed by atoms with Gasteiger partial charge in [-0.25, -0.2) is 13.2 Å². The van der Waals surface area contributed by atoms with Gasteiger partial charge in [0.15, 0.2) is 0 Å². The van der Waals surface area contributed by atoms with Gasteiger partial charge in [-0.05, 0) is 46.3 Å². The number of rotatable bonds is 7. The van der Waals surface area contributed by atoms with Crippen LogP contribution in [0.5, 0.6) is 5.75 Å². The standard InChI is InChI=1S/C19H20BrNO6S/c20-17-7-6-15(14-18(17)28(23,24)21-8-10-25-11-9-21)19(22)27-13-12-26-16-4-2-1-3-5-16/h1-7,14H,8-13H2. The third kappa shape index (κ3) is 5.11. The maximum atomic E-state index is 12.9. The Bertz CT molecular complexity index is 913. The molecule has 0 N–H and O–H groups in total. The molecule has 0 aliphatic carbocycles. The van der Waals surface area contributed by atoms with Crippen molar-refractivity contribution >= 4 is 31.9 Å². The summed E-state index contributed by atoms with van der Waals surface area (Å²) in [4.78, 5) is 12.3. The monoisotopic (exact) mass is 469 g/mol. The minimum atomic E-state index is -3.74. The minimum Gasteiger partial charge on any atom is -0.490 e. The molecule has 0 saturated carbocycles. The van der Waals surface area contributed by atoms with Crippen molar-refractivity contribution in [2.75, 3.05) is 39.5 Å². The molecule has 28 heavy (non-hydrogen) atoms.